The van der Waals surface area contributed by atoms with Crippen molar-refractivity contribution in [3.8, 4) is 0 Å². The molecule has 0 unspecified atom stereocenters. The van der Waals surface area contributed by atoms with Gasteiger partial charge in [-0.3, -0.25) is 0 Å². The van der Waals surface area contributed by atoms with Gasteiger partial charge in [0.1, 0.15) is 0 Å². The first kappa shape index (κ1) is 9.29. The Kier molecular flexibility index (Phi) is 3.31. The second-order valence-corrected chi connectivity index (χ2v) is 3.65. The molecule has 1 aliphatic carbocycles. The standard InChI is InChI=1S/C8H15NO3/c1-7-2-4-8(5-3-7)6-12-9(10)11/h7-8H,2-6H2,1H3. The molecule has 0 radical (unpaired) electrons. The molecule has 1 aliphatic rings. The highest BCUT2D eigenvalue weighted by Crippen LogP contribution is 2.28. The Bertz CT molecular complexity index is 152. The second kappa shape index (κ2) is 4.28. The highest BCUT2D eigenvalue weighted by molar-refractivity contribution is 4.68. The van der Waals surface area contributed by atoms with E-state index in [-0.39, 0.29) is 0 Å². The third-order valence-corrected chi connectivity index (χ3v) is 2.55. The van der Waals surface area contributed by atoms with Gasteiger partial charge < -0.3 is 4.84 Å². The van der Waals surface area contributed by atoms with Crippen LogP contribution in [0.3, 0.4) is 0 Å². The Morgan fingerprint density at radius 3 is 2.50 bits per heavy atom. The average Bonchev–Trinajstić information content (AvgIpc) is 2.03. The van der Waals surface area contributed by atoms with Crippen LogP contribution in [0.15, 0.2) is 0 Å². The van der Waals surface area contributed by atoms with Crippen LogP contribution < -0.4 is 0 Å². The van der Waals surface area contributed by atoms with E-state index < -0.39 is 5.09 Å². The van der Waals surface area contributed by atoms with E-state index in [1.54, 1.807) is 0 Å². The van der Waals surface area contributed by atoms with Crippen LogP contribution in [-0.2, 0) is 4.84 Å². The largest absolute Gasteiger partial charge is 0.314 e. The van der Waals surface area contributed by atoms with E-state index in [1.165, 1.54) is 12.8 Å². The fraction of sp³-hybridized carbons (Fsp3) is 1.00. The van der Waals surface area contributed by atoms with Crippen LogP contribution in [0.4, 0.5) is 0 Å². The highest BCUT2D eigenvalue weighted by atomic mass is 16.9. The van der Waals surface area contributed by atoms with E-state index in [1.807, 2.05) is 0 Å². The Morgan fingerprint density at radius 1 is 1.42 bits per heavy atom. The summed E-state index contributed by atoms with van der Waals surface area (Å²) in [6.45, 7) is 2.52. The van der Waals surface area contributed by atoms with Crippen molar-refractivity contribution in [2.45, 2.75) is 32.6 Å². The summed E-state index contributed by atoms with van der Waals surface area (Å²) in [4.78, 5) is 14.2. The van der Waals surface area contributed by atoms with Gasteiger partial charge in [0.15, 0.2) is 0 Å². The van der Waals surface area contributed by atoms with Crippen LogP contribution in [0.5, 0.6) is 0 Å². The molecule has 0 spiro atoms. The summed E-state index contributed by atoms with van der Waals surface area (Å²) in [5, 5.41) is 9.19. The van der Waals surface area contributed by atoms with Crippen molar-refractivity contribution in [1.82, 2.24) is 0 Å². The van der Waals surface area contributed by atoms with Gasteiger partial charge in [0.2, 0.25) is 0 Å². The van der Waals surface area contributed by atoms with Gasteiger partial charge >= 0.3 is 0 Å². The van der Waals surface area contributed by atoms with E-state index >= 15 is 0 Å². The lowest BCUT2D eigenvalue weighted by molar-refractivity contribution is -0.759. The molecule has 0 aromatic heterocycles. The van der Waals surface area contributed by atoms with Crippen LogP contribution in [0.25, 0.3) is 0 Å². The summed E-state index contributed by atoms with van der Waals surface area (Å²) >= 11 is 0. The third kappa shape index (κ3) is 3.07. The molecule has 4 heteroatoms. The summed E-state index contributed by atoms with van der Waals surface area (Å²) in [5.41, 5.74) is 0. The molecule has 1 saturated carbocycles. The molecule has 0 atom stereocenters. The van der Waals surface area contributed by atoms with E-state index in [0.717, 1.165) is 18.8 Å². The second-order valence-electron chi connectivity index (χ2n) is 3.65. The normalized spacial score (nSPS) is 29.8. The van der Waals surface area contributed by atoms with Crippen molar-refractivity contribution < 1.29 is 9.92 Å². The zero-order chi connectivity index (χ0) is 8.97. The van der Waals surface area contributed by atoms with Gasteiger partial charge in [-0.25, -0.2) is 0 Å². The lowest BCUT2D eigenvalue weighted by atomic mass is 9.83. The molecule has 0 aromatic carbocycles. The van der Waals surface area contributed by atoms with Crippen molar-refractivity contribution in [1.29, 1.82) is 0 Å². The Hall–Kier alpha value is -0.800. The minimum atomic E-state index is -0.696. The molecule has 70 valence electrons. The predicted octanol–water partition coefficient (Wildman–Crippen LogP) is 2.02. The molecular weight excluding hydrogens is 158 g/mol. The molecule has 0 aliphatic heterocycles. The van der Waals surface area contributed by atoms with Crippen LogP contribution in [-0.4, -0.2) is 11.7 Å². The van der Waals surface area contributed by atoms with Crippen LogP contribution in [0.1, 0.15) is 32.6 Å². The maximum absolute atomic E-state index is 9.89. The summed E-state index contributed by atoms with van der Waals surface area (Å²) in [6, 6.07) is 0. The van der Waals surface area contributed by atoms with Gasteiger partial charge in [-0.1, -0.05) is 19.8 Å². The first-order valence-electron chi connectivity index (χ1n) is 4.45. The van der Waals surface area contributed by atoms with Gasteiger partial charge in [-0.15, -0.1) is 10.1 Å². The molecule has 4 nitrogen and oxygen atoms in total. The lowest BCUT2D eigenvalue weighted by Crippen LogP contribution is -2.18. The van der Waals surface area contributed by atoms with E-state index in [2.05, 4.69) is 11.8 Å². The molecule has 0 saturated heterocycles. The molecule has 0 bridgehead atoms. The number of rotatable bonds is 3. The summed E-state index contributed by atoms with van der Waals surface area (Å²) < 4.78 is 0. The van der Waals surface area contributed by atoms with Crippen molar-refractivity contribution in [3.05, 3.63) is 10.1 Å². The fourth-order valence-corrected chi connectivity index (χ4v) is 1.66. The van der Waals surface area contributed by atoms with Gasteiger partial charge in [0.05, 0.1) is 6.61 Å². The smallest absolute Gasteiger partial charge is 0.294 e. The number of nitrogens with zero attached hydrogens (tertiary/aromatic N) is 1. The Balaban J connectivity index is 2.13. The summed E-state index contributed by atoms with van der Waals surface area (Å²) in [6.07, 6.45) is 4.53. The monoisotopic (exact) mass is 173 g/mol. The van der Waals surface area contributed by atoms with Crippen LogP contribution in [0, 0.1) is 22.0 Å². The zero-order valence-electron chi connectivity index (χ0n) is 7.36. The average molecular weight is 173 g/mol. The first-order valence-corrected chi connectivity index (χ1v) is 4.45. The Morgan fingerprint density at radius 2 is 2.00 bits per heavy atom. The van der Waals surface area contributed by atoms with E-state index in [9.17, 15) is 10.1 Å². The lowest BCUT2D eigenvalue weighted by Gasteiger charge is -2.24. The topological polar surface area (TPSA) is 52.4 Å². The minimum absolute atomic E-state index is 0.291. The third-order valence-electron chi connectivity index (χ3n) is 2.55. The molecule has 0 N–H and O–H groups in total. The van der Waals surface area contributed by atoms with Crippen molar-refractivity contribution >= 4 is 0 Å². The molecule has 0 heterocycles. The molecule has 1 fully saturated rings. The molecular formula is C8H15NO3. The maximum Gasteiger partial charge on any atom is 0.294 e. The molecule has 1 rings (SSSR count). The fourth-order valence-electron chi connectivity index (χ4n) is 1.66. The SMILES string of the molecule is CC1CCC(CO[N+](=O)[O-])CC1. The summed E-state index contributed by atoms with van der Waals surface area (Å²) in [5.74, 6) is 1.20. The van der Waals surface area contributed by atoms with E-state index in [4.69, 9.17) is 0 Å². The van der Waals surface area contributed by atoms with Gasteiger partial charge in [-0.05, 0) is 24.7 Å². The van der Waals surface area contributed by atoms with Gasteiger partial charge in [0, 0.05) is 0 Å². The quantitative estimate of drug-likeness (QED) is 0.484. The maximum atomic E-state index is 9.89. The van der Waals surface area contributed by atoms with Gasteiger partial charge in [0.25, 0.3) is 5.09 Å². The first-order chi connectivity index (χ1) is 5.68. The van der Waals surface area contributed by atoms with Gasteiger partial charge in [-0.2, -0.15) is 0 Å². The van der Waals surface area contributed by atoms with Crippen LogP contribution >= 0.6 is 0 Å². The molecule has 12 heavy (non-hydrogen) atoms. The number of hydrogen-bond donors (Lipinski definition) is 0. The highest BCUT2D eigenvalue weighted by Gasteiger charge is 2.18. The Labute approximate surface area is 72.0 Å². The van der Waals surface area contributed by atoms with Crippen molar-refractivity contribution in [2.75, 3.05) is 6.61 Å². The van der Waals surface area contributed by atoms with Crippen molar-refractivity contribution in [2.24, 2.45) is 11.8 Å². The number of hydrogen-bond acceptors (Lipinski definition) is 3. The van der Waals surface area contributed by atoms with Crippen molar-refractivity contribution in [3.63, 3.8) is 0 Å². The molecule has 0 aromatic rings. The minimum Gasteiger partial charge on any atom is -0.314 e. The van der Waals surface area contributed by atoms with E-state index in [0.29, 0.717) is 12.5 Å². The zero-order valence-corrected chi connectivity index (χ0v) is 7.36. The van der Waals surface area contributed by atoms with Crippen LogP contribution in [0.2, 0.25) is 0 Å². The predicted molar refractivity (Wildman–Crippen MR) is 44.1 cm³/mol. The molecule has 0 amide bonds. The summed E-state index contributed by atoms with van der Waals surface area (Å²) in [7, 11) is 0.